The van der Waals surface area contributed by atoms with Crippen molar-refractivity contribution in [2.75, 3.05) is 26.4 Å². The second kappa shape index (κ2) is 9.46. The summed E-state index contributed by atoms with van der Waals surface area (Å²) in [6.07, 6.45) is -4.41. The van der Waals surface area contributed by atoms with Gasteiger partial charge in [0, 0.05) is 0 Å². The quantitative estimate of drug-likeness (QED) is 0.653. The molecule has 8 heteroatoms. The van der Waals surface area contributed by atoms with Crippen LogP contribution in [-0.4, -0.2) is 26.4 Å². The molecule has 0 aliphatic carbocycles. The van der Waals surface area contributed by atoms with Crippen molar-refractivity contribution >= 4 is 0 Å². The fourth-order valence-corrected chi connectivity index (χ4v) is 2.10. The topological polar surface area (TPSA) is 75.3 Å². The van der Waals surface area contributed by atoms with Crippen LogP contribution in [0.15, 0.2) is 42.5 Å². The van der Waals surface area contributed by atoms with Gasteiger partial charge in [0.15, 0.2) is 0 Å². The first-order valence-electron chi connectivity index (χ1n) is 7.89. The Morgan fingerprint density at radius 3 is 2.00 bits per heavy atom. The number of halogens is 3. The van der Waals surface area contributed by atoms with Crippen molar-refractivity contribution in [1.29, 1.82) is 10.5 Å². The molecular formula is C19H15F3N2O3. The van der Waals surface area contributed by atoms with Crippen molar-refractivity contribution in [2.45, 2.75) is 6.18 Å². The number of nitrogens with zero attached hydrogens (tertiary/aromatic N) is 2. The van der Waals surface area contributed by atoms with Gasteiger partial charge >= 0.3 is 6.18 Å². The number of rotatable bonds is 8. The highest BCUT2D eigenvalue weighted by Crippen LogP contribution is 2.31. The van der Waals surface area contributed by atoms with Crippen molar-refractivity contribution in [3.63, 3.8) is 0 Å². The normalized spacial score (nSPS) is 10.7. The highest BCUT2D eigenvalue weighted by molar-refractivity contribution is 5.49. The SMILES string of the molecule is N#Cc1ccc(OCCOCCOc2cccc(C(F)(F)F)c2)cc1C#N. The average molecular weight is 376 g/mol. The van der Waals surface area contributed by atoms with Crippen LogP contribution in [0.1, 0.15) is 16.7 Å². The Bertz CT molecular complexity index is 854. The number of ether oxygens (including phenoxy) is 3. The maximum atomic E-state index is 12.6. The molecule has 140 valence electrons. The van der Waals surface area contributed by atoms with Crippen LogP contribution in [0, 0.1) is 22.7 Å². The first-order valence-corrected chi connectivity index (χ1v) is 7.89. The van der Waals surface area contributed by atoms with Gasteiger partial charge < -0.3 is 14.2 Å². The van der Waals surface area contributed by atoms with Gasteiger partial charge in [0.1, 0.15) is 36.9 Å². The molecule has 0 N–H and O–H groups in total. The Hall–Kier alpha value is -3.23. The zero-order chi connectivity index (χ0) is 19.7. The maximum Gasteiger partial charge on any atom is 0.416 e. The molecule has 2 aromatic carbocycles. The summed E-state index contributed by atoms with van der Waals surface area (Å²) in [7, 11) is 0. The van der Waals surface area contributed by atoms with E-state index < -0.39 is 11.7 Å². The fourth-order valence-electron chi connectivity index (χ4n) is 2.10. The van der Waals surface area contributed by atoms with Gasteiger partial charge in [-0.25, -0.2) is 0 Å². The minimum absolute atomic E-state index is 0.0940. The molecule has 0 atom stereocenters. The molecule has 0 amide bonds. The van der Waals surface area contributed by atoms with Gasteiger partial charge in [0.25, 0.3) is 0 Å². The highest BCUT2D eigenvalue weighted by atomic mass is 19.4. The third-order valence-electron chi connectivity index (χ3n) is 3.39. The van der Waals surface area contributed by atoms with Gasteiger partial charge in [0.2, 0.25) is 0 Å². The largest absolute Gasteiger partial charge is 0.491 e. The van der Waals surface area contributed by atoms with E-state index in [1.54, 1.807) is 6.07 Å². The average Bonchev–Trinajstić information content (AvgIpc) is 2.66. The Balaban J connectivity index is 1.67. The fraction of sp³-hybridized carbons (Fsp3) is 0.263. The van der Waals surface area contributed by atoms with Crippen LogP contribution in [0.3, 0.4) is 0 Å². The maximum absolute atomic E-state index is 12.6. The van der Waals surface area contributed by atoms with E-state index in [0.717, 1.165) is 12.1 Å². The van der Waals surface area contributed by atoms with E-state index in [1.807, 2.05) is 12.1 Å². The van der Waals surface area contributed by atoms with Gasteiger partial charge in [-0.05, 0) is 36.4 Å². The van der Waals surface area contributed by atoms with Crippen molar-refractivity contribution < 1.29 is 27.4 Å². The summed E-state index contributed by atoms with van der Waals surface area (Å²) in [5, 5.41) is 17.8. The monoisotopic (exact) mass is 376 g/mol. The predicted molar refractivity (Wildman–Crippen MR) is 89.1 cm³/mol. The standard InChI is InChI=1S/C19H15F3N2O3/c20-19(21,22)16-2-1-3-17(11-16)26-8-6-25-7-9-27-18-5-4-14(12-23)15(10-18)13-24/h1-5,10-11H,6-9H2. The molecule has 2 rings (SSSR count). The van der Waals surface area contributed by atoms with Crippen molar-refractivity contribution in [3.05, 3.63) is 59.2 Å². The van der Waals surface area contributed by atoms with Crippen molar-refractivity contribution in [2.24, 2.45) is 0 Å². The number of alkyl halides is 3. The van der Waals surface area contributed by atoms with E-state index in [9.17, 15) is 13.2 Å². The first kappa shape index (κ1) is 20.1. The smallest absolute Gasteiger partial charge is 0.416 e. The molecule has 0 saturated carbocycles. The van der Waals surface area contributed by atoms with Crippen LogP contribution in [-0.2, 0) is 10.9 Å². The Kier molecular flexibility index (Phi) is 7.04. The number of hydrogen-bond acceptors (Lipinski definition) is 5. The molecule has 0 spiro atoms. The van der Waals surface area contributed by atoms with Crippen molar-refractivity contribution in [3.8, 4) is 23.6 Å². The summed E-state index contributed by atoms with van der Waals surface area (Å²) < 4.78 is 53.7. The second-order valence-electron chi connectivity index (χ2n) is 5.27. The molecule has 0 fully saturated rings. The lowest BCUT2D eigenvalue weighted by Crippen LogP contribution is -2.12. The van der Waals surface area contributed by atoms with Crippen molar-refractivity contribution in [1.82, 2.24) is 0 Å². The summed E-state index contributed by atoms with van der Waals surface area (Å²) in [5.74, 6) is 0.556. The van der Waals surface area contributed by atoms with E-state index in [1.165, 1.54) is 24.3 Å². The summed E-state index contributed by atoms with van der Waals surface area (Å²) in [4.78, 5) is 0. The Morgan fingerprint density at radius 2 is 1.41 bits per heavy atom. The summed E-state index contributed by atoms with van der Waals surface area (Å²) in [6, 6.07) is 13.0. The molecule has 0 saturated heterocycles. The second-order valence-corrected chi connectivity index (χ2v) is 5.27. The molecule has 0 radical (unpaired) electrons. The summed E-state index contributed by atoms with van der Waals surface area (Å²) in [5.41, 5.74) is -0.272. The minimum Gasteiger partial charge on any atom is -0.491 e. The first-order chi connectivity index (χ1) is 12.9. The van der Waals surface area contributed by atoms with Gasteiger partial charge in [0.05, 0.1) is 29.9 Å². The van der Waals surface area contributed by atoms with Crippen LogP contribution < -0.4 is 9.47 Å². The van der Waals surface area contributed by atoms with E-state index >= 15 is 0 Å². The number of nitriles is 2. The molecule has 0 aliphatic rings. The van der Waals surface area contributed by atoms with E-state index in [0.29, 0.717) is 5.75 Å². The van der Waals surface area contributed by atoms with E-state index in [-0.39, 0.29) is 43.3 Å². The lowest BCUT2D eigenvalue weighted by Gasteiger charge is -2.11. The Morgan fingerprint density at radius 1 is 0.778 bits per heavy atom. The molecule has 0 aliphatic heterocycles. The van der Waals surface area contributed by atoms with Gasteiger partial charge in [-0.15, -0.1) is 0 Å². The van der Waals surface area contributed by atoms with Gasteiger partial charge in [-0.1, -0.05) is 6.07 Å². The Labute approximate surface area is 154 Å². The minimum atomic E-state index is -4.41. The third-order valence-corrected chi connectivity index (χ3v) is 3.39. The molecule has 0 bridgehead atoms. The molecule has 0 aromatic heterocycles. The summed E-state index contributed by atoms with van der Waals surface area (Å²) >= 11 is 0. The molecule has 0 unspecified atom stereocenters. The van der Waals surface area contributed by atoms with Crippen LogP contribution in [0.2, 0.25) is 0 Å². The van der Waals surface area contributed by atoms with Gasteiger partial charge in [-0.3, -0.25) is 0 Å². The number of benzene rings is 2. The molecular weight excluding hydrogens is 361 g/mol. The number of hydrogen-bond donors (Lipinski definition) is 0. The zero-order valence-corrected chi connectivity index (χ0v) is 14.1. The highest BCUT2D eigenvalue weighted by Gasteiger charge is 2.30. The van der Waals surface area contributed by atoms with Crippen LogP contribution in [0.25, 0.3) is 0 Å². The van der Waals surface area contributed by atoms with Crippen LogP contribution >= 0.6 is 0 Å². The van der Waals surface area contributed by atoms with E-state index in [4.69, 9.17) is 24.7 Å². The van der Waals surface area contributed by atoms with Gasteiger partial charge in [-0.2, -0.15) is 23.7 Å². The molecule has 27 heavy (non-hydrogen) atoms. The third kappa shape index (κ3) is 6.21. The predicted octanol–water partition coefficient (Wildman–Crippen LogP) is 3.92. The molecule has 0 heterocycles. The van der Waals surface area contributed by atoms with Crippen LogP contribution in [0.5, 0.6) is 11.5 Å². The molecule has 5 nitrogen and oxygen atoms in total. The lowest BCUT2D eigenvalue weighted by molar-refractivity contribution is -0.137. The zero-order valence-electron chi connectivity index (χ0n) is 14.1. The summed E-state index contributed by atoms with van der Waals surface area (Å²) in [6.45, 7) is 0.710. The van der Waals surface area contributed by atoms with E-state index in [2.05, 4.69) is 0 Å². The van der Waals surface area contributed by atoms with Crippen LogP contribution in [0.4, 0.5) is 13.2 Å². The lowest BCUT2D eigenvalue weighted by atomic mass is 10.1. The molecule has 2 aromatic rings.